The Kier molecular flexibility index (Phi) is 3.60. The van der Waals surface area contributed by atoms with Gasteiger partial charge in [0.2, 0.25) is 0 Å². The van der Waals surface area contributed by atoms with Crippen LogP contribution in [0.25, 0.3) is 0 Å². The summed E-state index contributed by atoms with van der Waals surface area (Å²) < 4.78 is 57.8. The number of alkyl halides is 3. The lowest BCUT2D eigenvalue weighted by Crippen LogP contribution is -2.52. The van der Waals surface area contributed by atoms with E-state index in [-0.39, 0.29) is 17.9 Å². The highest BCUT2D eigenvalue weighted by Gasteiger charge is 2.39. The third-order valence-electron chi connectivity index (χ3n) is 2.37. The molecule has 2 N–H and O–H groups in total. The molecule has 2 amide bonds. The largest absolute Gasteiger partial charge is 0.405 e. The van der Waals surface area contributed by atoms with E-state index in [9.17, 15) is 26.4 Å². The summed E-state index contributed by atoms with van der Waals surface area (Å²) >= 11 is 0. The van der Waals surface area contributed by atoms with Crippen molar-refractivity contribution in [2.75, 3.05) is 18.1 Å². The third-order valence-corrected chi connectivity index (χ3v) is 4.27. The number of rotatable bonds is 2. The second-order valence-electron chi connectivity index (χ2n) is 4.33. The zero-order valence-electron chi connectivity index (χ0n) is 9.10. The fourth-order valence-corrected chi connectivity index (χ4v) is 3.70. The Morgan fingerprint density at radius 1 is 1.41 bits per heavy atom. The van der Waals surface area contributed by atoms with Gasteiger partial charge in [0, 0.05) is 0 Å². The second-order valence-corrected chi connectivity index (χ2v) is 6.51. The van der Waals surface area contributed by atoms with Crippen molar-refractivity contribution in [1.29, 1.82) is 0 Å². The molecule has 1 unspecified atom stereocenters. The SMILES string of the molecule is CC1(NC(=O)NCC(F)(F)F)CCS(=O)(=O)C1. The number of hydrogen-bond donors (Lipinski definition) is 2. The summed E-state index contributed by atoms with van der Waals surface area (Å²) in [5.74, 6) is -0.317. The van der Waals surface area contributed by atoms with E-state index < -0.39 is 34.1 Å². The molecule has 100 valence electrons. The third kappa shape index (κ3) is 4.80. The number of carbonyl (C=O) groups excluding carboxylic acids is 1. The minimum absolute atomic E-state index is 0.0664. The van der Waals surface area contributed by atoms with E-state index in [1.165, 1.54) is 6.92 Å². The summed E-state index contributed by atoms with van der Waals surface area (Å²) in [7, 11) is -3.21. The molecular weight excluding hydrogens is 261 g/mol. The number of halogens is 3. The van der Waals surface area contributed by atoms with Crippen LogP contribution in [0.4, 0.5) is 18.0 Å². The molecule has 1 atom stereocenters. The Balaban J connectivity index is 2.47. The van der Waals surface area contributed by atoms with Crippen LogP contribution >= 0.6 is 0 Å². The maximum atomic E-state index is 11.8. The molecule has 0 radical (unpaired) electrons. The fourth-order valence-electron chi connectivity index (χ4n) is 1.61. The molecule has 0 aliphatic carbocycles. The molecule has 0 aromatic carbocycles. The van der Waals surface area contributed by atoms with Crippen molar-refractivity contribution in [1.82, 2.24) is 10.6 Å². The van der Waals surface area contributed by atoms with Gasteiger partial charge in [0.25, 0.3) is 0 Å². The molecule has 0 spiro atoms. The maximum Gasteiger partial charge on any atom is 0.405 e. The van der Waals surface area contributed by atoms with Gasteiger partial charge in [-0.1, -0.05) is 0 Å². The molecule has 1 rings (SSSR count). The predicted molar refractivity (Wildman–Crippen MR) is 54.3 cm³/mol. The van der Waals surface area contributed by atoms with Crippen molar-refractivity contribution < 1.29 is 26.4 Å². The highest BCUT2D eigenvalue weighted by Crippen LogP contribution is 2.22. The smallest absolute Gasteiger partial charge is 0.332 e. The van der Waals surface area contributed by atoms with E-state index in [4.69, 9.17) is 0 Å². The van der Waals surface area contributed by atoms with E-state index in [1.54, 1.807) is 5.32 Å². The van der Waals surface area contributed by atoms with E-state index in [1.807, 2.05) is 0 Å². The van der Waals surface area contributed by atoms with Gasteiger partial charge in [0.1, 0.15) is 6.54 Å². The van der Waals surface area contributed by atoms with Gasteiger partial charge in [0.15, 0.2) is 9.84 Å². The molecule has 5 nitrogen and oxygen atoms in total. The Hall–Kier alpha value is -0.990. The topological polar surface area (TPSA) is 75.3 Å². The monoisotopic (exact) mass is 274 g/mol. The molecule has 1 saturated heterocycles. The van der Waals surface area contributed by atoms with Crippen LogP contribution in [-0.4, -0.2) is 44.2 Å². The van der Waals surface area contributed by atoms with Crippen molar-refractivity contribution in [2.45, 2.75) is 25.1 Å². The number of nitrogens with one attached hydrogen (secondary N) is 2. The molecule has 9 heteroatoms. The van der Waals surface area contributed by atoms with Crippen molar-refractivity contribution >= 4 is 15.9 Å². The Morgan fingerprint density at radius 2 is 2.00 bits per heavy atom. The molecule has 17 heavy (non-hydrogen) atoms. The van der Waals surface area contributed by atoms with Gasteiger partial charge < -0.3 is 10.6 Å². The van der Waals surface area contributed by atoms with E-state index >= 15 is 0 Å². The minimum Gasteiger partial charge on any atom is -0.332 e. The van der Waals surface area contributed by atoms with Gasteiger partial charge in [-0.05, 0) is 13.3 Å². The van der Waals surface area contributed by atoms with Crippen LogP contribution in [0.1, 0.15) is 13.3 Å². The van der Waals surface area contributed by atoms with Crippen LogP contribution in [-0.2, 0) is 9.84 Å². The van der Waals surface area contributed by atoms with Crippen molar-refractivity contribution in [3.63, 3.8) is 0 Å². The molecule has 0 aromatic heterocycles. The van der Waals surface area contributed by atoms with Crippen molar-refractivity contribution in [3.8, 4) is 0 Å². The first-order valence-electron chi connectivity index (χ1n) is 4.85. The van der Waals surface area contributed by atoms with Gasteiger partial charge in [-0.2, -0.15) is 13.2 Å². The summed E-state index contributed by atoms with van der Waals surface area (Å²) in [6, 6.07) is -1.01. The molecule has 1 aliphatic rings. The molecule has 0 saturated carbocycles. The highest BCUT2D eigenvalue weighted by atomic mass is 32.2. The molecular formula is C8H13F3N2O3S. The Labute approximate surface area is 96.7 Å². The summed E-state index contributed by atoms with van der Waals surface area (Å²) in [5, 5.41) is 3.89. The van der Waals surface area contributed by atoms with Gasteiger partial charge in [-0.15, -0.1) is 0 Å². The van der Waals surface area contributed by atoms with Crippen LogP contribution < -0.4 is 10.6 Å². The fraction of sp³-hybridized carbons (Fsp3) is 0.875. The zero-order chi connectivity index (χ0) is 13.3. The normalized spacial score (nSPS) is 27.8. The molecule has 1 fully saturated rings. The van der Waals surface area contributed by atoms with Gasteiger partial charge in [0.05, 0.1) is 17.0 Å². The Bertz CT molecular complexity index is 407. The maximum absolute atomic E-state index is 11.8. The van der Waals surface area contributed by atoms with Crippen LogP contribution in [0.3, 0.4) is 0 Å². The number of sulfone groups is 1. The quantitative estimate of drug-likeness (QED) is 0.766. The number of hydrogen-bond acceptors (Lipinski definition) is 3. The minimum atomic E-state index is -4.49. The zero-order valence-corrected chi connectivity index (χ0v) is 9.91. The highest BCUT2D eigenvalue weighted by molar-refractivity contribution is 7.91. The van der Waals surface area contributed by atoms with E-state index in [0.29, 0.717) is 0 Å². The second kappa shape index (κ2) is 4.35. The first kappa shape index (κ1) is 14.1. The van der Waals surface area contributed by atoms with Crippen LogP contribution in [0.2, 0.25) is 0 Å². The van der Waals surface area contributed by atoms with Crippen molar-refractivity contribution in [2.24, 2.45) is 0 Å². The first-order chi connectivity index (χ1) is 7.52. The lowest BCUT2D eigenvalue weighted by atomic mass is 10.0. The van der Waals surface area contributed by atoms with Gasteiger partial charge in [-0.3, -0.25) is 0 Å². The molecule has 0 bridgehead atoms. The Morgan fingerprint density at radius 3 is 2.41 bits per heavy atom. The van der Waals surface area contributed by atoms with Gasteiger partial charge >= 0.3 is 12.2 Å². The van der Waals surface area contributed by atoms with Crippen LogP contribution in [0, 0.1) is 0 Å². The predicted octanol–water partition coefficient (Wildman–Crippen LogP) is 0.425. The summed E-state index contributed by atoms with van der Waals surface area (Å²) in [6.07, 6.45) is -4.28. The summed E-state index contributed by atoms with van der Waals surface area (Å²) in [5.41, 5.74) is -0.992. The number of amides is 2. The first-order valence-corrected chi connectivity index (χ1v) is 6.67. The average Bonchev–Trinajstić information content (AvgIpc) is 2.36. The average molecular weight is 274 g/mol. The molecule has 0 aromatic rings. The molecule has 1 heterocycles. The lowest BCUT2D eigenvalue weighted by molar-refractivity contribution is -0.122. The van der Waals surface area contributed by atoms with E-state index in [2.05, 4.69) is 5.32 Å². The van der Waals surface area contributed by atoms with Crippen LogP contribution in [0.5, 0.6) is 0 Å². The van der Waals surface area contributed by atoms with Crippen LogP contribution in [0.15, 0.2) is 0 Å². The summed E-state index contributed by atoms with van der Waals surface area (Å²) in [4.78, 5) is 11.1. The van der Waals surface area contributed by atoms with Gasteiger partial charge in [-0.25, -0.2) is 13.2 Å². The standard InChI is InChI=1S/C8H13F3N2O3S/c1-7(2-3-17(15,16)5-7)13-6(14)12-4-8(9,10)11/h2-5H2,1H3,(H2,12,13,14). The lowest BCUT2D eigenvalue weighted by Gasteiger charge is -2.24. The molecule has 1 aliphatic heterocycles. The number of carbonyl (C=O) groups is 1. The van der Waals surface area contributed by atoms with Crippen molar-refractivity contribution in [3.05, 3.63) is 0 Å². The van der Waals surface area contributed by atoms with E-state index in [0.717, 1.165) is 0 Å². The summed E-state index contributed by atoms with van der Waals surface area (Å²) in [6.45, 7) is 0.0480. The number of urea groups is 1.